The largest absolute Gasteiger partial charge is 0.273 e. The molecule has 84 valence electrons. The summed E-state index contributed by atoms with van der Waals surface area (Å²) >= 11 is 0. The quantitative estimate of drug-likeness (QED) is 0.595. The summed E-state index contributed by atoms with van der Waals surface area (Å²) in [6.45, 7) is 1.89. The molecule has 0 bridgehead atoms. The van der Waals surface area contributed by atoms with Gasteiger partial charge in [0.15, 0.2) is 0 Å². The molecule has 0 heterocycles. The number of hydrazone groups is 1. The van der Waals surface area contributed by atoms with E-state index in [-0.39, 0.29) is 5.91 Å². The molecule has 1 N–H and O–H groups in total. The van der Waals surface area contributed by atoms with Crippen LogP contribution in [0.15, 0.2) is 47.6 Å². The monoisotopic (exact) mass is 216 g/mol. The van der Waals surface area contributed by atoms with Gasteiger partial charge in [0.1, 0.15) is 0 Å². The van der Waals surface area contributed by atoms with Crippen LogP contribution in [-0.2, 0) is 11.2 Å². The molecular formula is C13H16N2O. The molecule has 0 aliphatic heterocycles. The Kier molecular flexibility index (Phi) is 5.63. The lowest BCUT2D eigenvalue weighted by Gasteiger charge is -1.99. The van der Waals surface area contributed by atoms with Crippen molar-refractivity contribution in [1.29, 1.82) is 0 Å². The van der Waals surface area contributed by atoms with Crippen LogP contribution in [0, 0.1) is 0 Å². The minimum atomic E-state index is -0.0652. The summed E-state index contributed by atoms with van der Waals surface area (Å²) in [5.41, 5.74) is 3.63. The average Bonchev–Trinajstić information content (AvgIpc) is 2.33. The van der Waals surface area contributed by atoms with E-state index in [2.05, 4.69) is 10.5 Å². The van der Waals surface area contributed by atoms with E-state index in [0.29, 0.717) is 6.42 Å². The van der Waals surface area contributed by atoms with Crippen LogP contribution in [0.2, 0.25) is 0 Å². The van der Waals surface area contributed by atoms with Gasteiger partial charge in [0, 0.05) is 12.6 Å². The minimum absolute atomic E-state index is 0.0652. The van der Waals surface area contributed by atoms with Crippen molar-refractivity contribution in [2.24, 2.45) is 5.10 Å². The van der Waals surface area contributed by atoms with Gasteiger partial charge in [-0.2, -0.15) is 5.10 Å². The number of hydrogen-bond donors (Lipinski definition) is 1. The topological polar surface area (TPSA) is 41.5 Å². The van der Waals surface area contributed by atoms with Gasteiger partial charge in [0.25, 0.3) is 0 Å². The van der Waals surface area contributed by atoms with Gasteiger partial charge in [-0.25, -0.2) is 5.43 Å². The fourth-order valence-corrected chi connectivity index (χ4v) is 1.20. The van der Waals surface area contributed by atoms with Crippen LogP contribution >= 0.6 is 0 Å². The second kappa shape index (κ2) is 7.40. The van der Waals surface area contributed by atoms with E-state index in [9.17, 15) is 4.79 Å². The Morgan fingerprint density at radius 1 is 1.38 bits per heavy atom. The first kappa shape index (κ1) is 12.2. The summed E-state index contributed by atoms with van der Waals surface area (Å²) in [6, 6.07) is 9.92. The molecule has 0 aromatic heterocycles. The van der Waals surface area contributed by atoms with Crippen LogP contribution < -0.4 is 5.43 Å². The van der Waals surface area contributed by atoms with Crippen LogP contribution in [0.3, 0.4) is 0 Å². The second-order valence-corrected chi connectivity index (χ2v) is 3.32. The summed E-state index contributed by atoms with van der Waals surface area (Å²) in [5, 5.41) is 3.76. The third kappa shape index (κ3) is 5.10. The summed E-state index contributed by atoms with van der Waals surface area (Å²) in [7, 11) is 0. The number of amides is 1. The van der Waals surface area contributed by atoms with E-state index in [1.54, 1.807) is 12.3 Å². The van der Waals surface area contributed by atoms with E-state index < -0.39 is 0 Å². The number of nitrogens with one attached hydrogen (secondary N) is 1. The maximum atomic E-state index is 11.3. The Balaban J connectivity index is 2.25. The van der Waals surface area contributed by atoms with Gasteiger partial charge in [-0.05, 0) is 25.0 Å². The number of benzene rings is 1. The maximum Gasteiger partial charge on any atom is 0.240 e. The molecule has 0 atom stereocenters. The zero-order valence-electron chi connectivity index (χ0n) is 9.39. The highest BCUT2D eigenvalue weighted by atomic mass is 16.2. The molecule has 3 heteroatoms. The van der Waals surface area contributed by atoms with E-state index in [1.807, 2.05) is 43.3 Å². The third-order valence-electron chi connectivity index (χ3n) is 2.03. The Morgan fingerprint density at radius 2 is 2.12 bits per heavy atom. The van der Waals surface area contributed by atoms with Crippen molar-refractivity contribution in [3.05, 3.63) is 48.0 Å². The number of carbonyl (C=O) groups is 1. The van der Waals surface area contributed by atoms with Gasteiger partial charge in [-0.15, -0.1) is 0 Å². The Morgan fingerprint density at radius 3 is 2.81 bits per heavy atom. The number of nitrogens with zero attached hydrogens (tertiary/aromatic N) is 1. The van der Waals surface area contributed by atoms with Crippen molar-refractivity contribution in [2.75, 3.05) is 0 Å². The summed E-state index contributed by atoms with van der Waals surface area (Å²) in [5.74, 6) is -0.0652. The van der Waals surface area contributed by atoms with E-state index >= 15 is 0 Å². The normalized spacial score (nSPS) is 11.1. The highest BCUT2D eigenvalue weighted by Crippen LogP contribution is 2.01. The molecule has 16 heavy (non-hydrogen) atoms. The zero-order valence-corrected chi connectivity index (χ0v) is 9.39. The highest BCUT2D eigenvalue weighted by Gasteiger charge is 1.99. The fraction of sp³-hybridized carbons (Fsp3) is 0.231. The van der Waals surface area contributed by atoms with Gasteiger partial charge in [-0.1, -0.05) is 36.4 Å². The van der Waals surface area contributed by atoms with Gasteiger partial charge in [0.05, 0.1) is 0 Å². The molecule has 0 saturated heterocycles. The predicted molar refractivity (Wildman–Crippen MR) is 66.2 cm³/mol. The fourth-order valence-electron chi connectivity index (χ4n) is 1.20. The van der Waals surface area contributed by atoms with Crippen molar-refractivity contribution in [2.45, 2.75) is 19.8 Å². The van der Waals surface area contributed by atoms with Crippen LogP contribution in [-0.4, -0.2) is 12.1 Å². The highest BCUT2D eigenvalue weighted by molar-refractivity contribution is 5.78. The summed E-state index contributed by atoms with van der Waals surface area (Å²) < 4.78 is 0. The molecule has 1 amide bonds. The van der Waals surface area contributed by atoms with Crippen LogP contribution in [0.4, 0.5) is 0 Å². The number of rotatable bonds is 5. The Bertz CT molecular complexity index is 369. The molecule has 1 aromatic rings. The number of carbonyl (C=O) groups excluding carboxylic acids is 1. The third-order valence-corrected chi connectivity index (χ3v) is 2.03. The summed E-state index contributed by atoms with van der Waals surface area (Å²) in [4.78, 5) is 11.3. The SMILES string of the molecule is C/C=C/C=N/NC(=O)CCc1ccccc1. The van der Waals surface area contributed by atoms with Crippen LogP contribution in [0.5, 0.6) is 0 Å². The second-order valence-electron chi connectivity index (χ2n) is 3.32. The van der Waals surface area contributed by atoms with E-state index in [4.69, 9.17) is 0 Å². The standard InChI is InChI=1S/C13H16N2O/c1-2-3-11-14-15-13(16)10-9-12-7-5-4-6-8-12/h2-8,11H,9-10H2,1H3,(H,15,16)/b3-2+,14-11+. The molecule has 0 aliphatic rings. The van der Waals surface area contributed by atoms with Crippen molar-refractivity contribution < 1.29 is 4.79 Å². The smallest absolute Gasteiger partial charge is 0.240 e. The van der Waals surface area contributed by atoms with Crippen LogP contribution in [0.1, 0.15) is 18.9 Å². The first-order valence-corrected chi connectivity index (χ1v) is 5.30. The van der Waals surface area contributed by atoms with E-state index in [0.717, 1.165) is 12.0 Å². The number of allylic oxidation sites excluding steroid dienone is 2. The molecule has 0 aliphatic carbocycles. The molecule has 3 nitrogen and oxygen atoms in total. The average molecular weight is 216 g/mol. The molecule has 0 unspecified atom stereocenters. The molecule has 0 fully saturated rings. The maximum absolute atomic E-state index is 11.3. The number of hydrogen-bond acceptors (Lipinski definition) is 2. The first-order chi connectivity index (χ1) is 7.83. The lowest BCUT2D eigenvalue weighted by Crippen LogP contribution is -2.17. The molecular weight excluding hydrogens is 200 g/mol. The van der Waals surface area contributed by atoms with Crippen molar-refractivity contribution in [3.63, 3.8) is 0 Å². The zero-order chi connectivity index (χ0) is 11.6. The van der Waals surface area contributed by atoms with Crippen molar-refractivity contribution >= 4 is 12.1 Å². The van der Waals surface area contributed by atoms with Gasteiger partial charge < -0.3 is 0 Å². The lowest BCUT2D eigenvalue weighted by atomic mass is 10.1. The molecule has 1 aromatic carbocycles. The van der Waals surface area contributed by atoms with Crippen molar-refractivity contribution in [3.8, 4) is 0 Å². The van der Waals surface area contributed by atoms with Gasteiger partial charge in [-0.3, -0.25) is 4.79 Å². The minimum Gasteiger partial charge on any atom is -0.273 e. The van der Waals surface area contributed by atoms with E-state index in [1.165, 1.54) is 0 Å². The van der Waals surface area contributed by atoms with Gasteiger partial charge >= 0.3 is 0 Å². The number of aryl methyl sites for hydroxylation is 1. The molecule has 0 radical (unpaired) electrons. The molecule has 1 rings (SSSR count). The lowest BCUT2D eigenvalue weighted by molar-refractivity contribution is -0.121. The molecule has 0 spiro atoms. The van der Waals surface area contributed by atoms with Gasteiger partial charge in [0.2, 0.25) is 5.91 Å². The van der Waals surface area contributed by atoms with Crippen LogP contribution in [0.25, 0.3) is 0 Å². The van der Waals surface area contributed by atoms with Crippen molar-refractivity contribution in [1.82, 2.24) is 5.43 Å². The first-order valence-electron chi connectivity index (χ1n) is 5.30. The Hall–Kier alpha value is -1.90. The Labute approximate surface area is 95.9 Å². The predicted octanol–water partition coefficient (Wildman–Crippen LogP) is 2.30. The summed E-state index contributed by atoms with van der Waals surface area (Å²) in [6.07, 6.45) is 6.36. The molecule has 0 saturated carbocycles.